The molecule has 1 saturated heterocycles. The molecule has 7 nitrogen and oxygen atoms in total. The number of amides is 2. The molecule has 1 heterocycles. The summed E-state index contributed by atoms with van der Waals surface area (Å²) in [4.78, 5) is 28.0. The zero-order valence-electron chi connectivity index (χ0n) is 15.2. The van der Waals surface area contributed by atoms with E-state index in [4.69, 9.17) is 9.94 Å². The fourth-order valence-corrected chi connectivity index (χ4v) is 2.51. The number of hydrogen-bond donors (Lipinski definition) is 1. The lowest BCUT2D eigenvalue weighted by molar-refractivity contribution is 0.0141. The van der Waals surface area contributed by atoms with E-state index in [9.17, 15) is 9.59 Å². The van der Waals surface area contributed by atoms with Crippen LogP contribution < -0.4 is 0 Å². The Labute approximate surface area is 147 Å². The van der Waals surface area contributed by atoms with Gasteiger partial charge in [0.1, 0.15) is 5.60 Å². The van der Waals surface area contributed by atoms with Gasteiger partial charge in [-0.05, 0) is 45.4 Å². The molecule has 1 aromatic rings. The Bertz CT molecular complexity index is 654. The number of hydrogen-bond acceptors (Lipinski definition) is 5. The zero-order chi connectivity index (χ0) is 18.6. The largest absolute Gasteiger partial charge is 0.444 e. The molecule has 25 heavy (non-hydrogen) atoms. The van der Waals surface area contributed by atoms with E-state index in [1.165, 1.54) is 0 Å². The fourth-order valence-electron chi connectivity index (χ4n) is 2.51. The number of nitrogens with zero attached hydrogens (tertiary/aromatic N) is 3. The third kappa shape index (κ3) is 4.95. The van der Waals surface area contributed by atoms with Crippen molar-refractivity contribution in [1.29, 1.82) is 0 Å². The van der Waals surface area contributed by atoms with Crippen molar-refractivity contribution in [2.24, 2.45) is 5.16 Å². The first-order chi connectivity index (χ1) is 11.7. The zero-order valence-corrected chi connectivity index (χ0v) is 15.2. The molecule has 0 radical (unpaired) electrons. The molecule has 7 heteroatoms. The fraction of sp³-hybridized carbons (Fsp3) is 0.500. The number of carbonyl (C=O) groups excluding carboxylic acids is 2. The highest BCUT2D eigenvalue weighted by atomic mass is 16.6. The monoisotopic (exact) mass is 347 g/mol. The molecule has 0 aromatic heterocycles. The molecule has 1 N–H and O–H groups in total. The van der Waals surface area contributed by atoms with Crippen LogP contribution in [0.1, 0.15) is 43.6 Å². The summed E-state index contributed by atoms with van der Waals surface area (Å²) < 4.78 is 5.36. The van der Waals surface area contributed by atoms with Crippen molar-refractivity contribution in [2.45, 2.75) is 33.3 Å². The molecule has 1 aromatic carbocycles. The Morgan fingerprint density at radius 3 is 1.96 bits per heavy atom. The van der Waals surface area contributed by atoms with Crippen LogP contribution in [0.4, 0.5) is 4.79 Å². The highest BCUT2D eigenvalue weighted by Gasteiger charge is 2.28. The number of oxime groups is 1. The number of rotatable bonds is 2. The van der Waals surface area contributed by atoms with Crippen LogP contribution in [0.5, 0.6) is 0 Å². The minimum Gasteiger partial charge on any atom is -0.444 e. The Hall–Kier alpha value is -2.57. The van der Waals surface area contributed by atoms with Crippen LogP contribution >= 0.6 is 0 Å². The maximum Gasteiger partial charge on any atom is 0.410 e. The van der Waals surface area contributed by atoms with Crippen molar-refractivity contribution >= 4 is 17.7 Å². The standard InChI is InChI=1S/C18H25N3O4/c1-13(19-24)14-5-7-15(8-6-14)16(22)20-9-11-21(12-10-20)17(23)25-18(2,3)4/h5-8,24H,9-12H2,1-4H3/b19-13+. The Morgan fingerprint density at radius 2 is 1.48 bits per heavy atom. The number of ether oxygens (including phenoxy) is 1. The summed E-state index contributed by atoms with van der Waals surface area (Å²) in [6, 6.07) is 6.93. The van der Waals surface area contributed by atoms with Crippen molar-refractivity contribution in [3.05, 3.63) is 35.4 Å². The second kappa shape index (κ2) is 7.55. The summed E-state index contributed by atoms with van der Waals surface area (Å²) in [5.74, 6) is -0.0750. The molecule has 0 saturated carbocycles. The van der Waals surface area contributed by atoms with E-state index in [0.29, 0.717) is 37.5 Å². The van der Waals surface area contributed by atoms with E-state index in [-0.39, 0.29) is 12.0 Å². The van der Waals surface area contributed by atoms with Gasteiger partial charge in [0.25, 0.3) is 5.91 Å². The lowest BCUT2D eigenvalue weighted by Gasteiger charge is -2.35. The molecule has 0 unspecified atom stereocenters. The van der Waals surface area contributed by atoms with Crippen LogP contribution in [0, 0.1) is 0 Å². The predicted octanol–water partition coefficient (Wildman–Crippen LogP) is 2.58. The lowest BCUT2D eigenvalue weighted by atomic mass is 10.1. The maximum atomic E-state index is 12.6. The van der Waals surface area contributed by atoms with E-state index in [0.717, 1.165) is 5.56 Å². The van der Waals surface area contributed by atoms with E-state index in [2.05, 4.69) is 5.16 Å². The first-order valence-corrected chi connectivity index (χ1v) is 8.27. The molecule has 0 aliphatic carbocycles. The van der Waals surface area contributed by atoms with Gasteiger partial charge in [-0.15, -0.1) is 0 Å². The van der Waals surface area contributed by atoms with Crippen LogP contribution in [0.25, 0.3) is 0 Å². The highest BCUT2D eigenvalue weighted by molar-refractivity contribution is 6.00. The minimum absolute atomic E-state index is 0.0750. The topological polar surface area (TPSA) is 82.4 Å². The summed E-state index contributed by atoms with van der Waals surface area (Å²) >= 11 is 0. The molecule has 1 fully saturated rings. The van der Waals surface area contributed by atoms with Crippen LogP contribution in [0.2, 0.25) is 0 Å². The van der Waals surface area contributed by atoms with Gasteiger partial charge in [-0.25, -0.2) is 4.79 Å². The van der Waals surface area contributed by atoms with E-state index >= 15 is 0 Å². The molecule has 1 aliphatic rings. The third-order valence-electron chi connectivity index (χ3n) is 3.92. The van der Waals surface area contributed by atoms with Crippen molar-refractivity contribution in [1.82, 2.24) is 9.80 Å². The van der Waals surface area contributed by atoms with E-state index < -0.39 is 5.60 Å². The first-order valence-electron chi connectivity index (χ1n) is 8.27. The minimum atomic E-state index is -0.526. The number of piperazine rings is 1. The summed E-state index contributed by atoms with van der Waals surface area (Å²) in [6.45, 7) is 9.03. The molecule has 1 aliphatic heterocycles. The first kappa shape index (κ1) is 18.8. The van der Waals surface area contributed by atoms with Crippen molar-refractivity contribution in [3.63, 3.8) is 0 Å². The molecule has 2 rings (SSSR count). The van der Waals surface area contributed by atoms with Crippen LogP contribution in [0.15, 0.2) is 29.4 Å². The van der Waals surface area contributed by atoms with Crippen LogP contribution in [-0.4, -0.2) is 64.5 Å². The van der Waals surface area contributed by atoms with Gasteiger partial charge in [-0.3, -0.25) is 4.79 Å². The molecule has 0 bridgehead atoms. The van der Waals surface area contributed by atoms with Gasteiger partial charge in [-0.1, -0.05) is 17.3 Å². The molecule has 2 amide bonds. The maximum absolute atomic E-state index is 12.6. The van der Waals surface area contributed by atoms with Crippen LogP contribution in [0.3, 0.4) is 0 Å². The summed E-state index contributed by atoms with van der Waals surface area (Å²) in [5, 5.41) is 11.9. The Morgan fingerprint density at radius 1 is 1.00 bits per heavy atom. The average Bonchev–Trinajstić information content (AvgIpc) is 2.59. The molecule has 136 valence electrons. The van der Waals surface area contributed by atoms with E-state index in [1.54, 1.807) is 41.0 Å². The van der Waals surface area contributed by atoms with Gasteiger partial charge >= 0.3 is 6.09 Å². The van der Waals surface area contributed by atoms with Gasteiger partial charge in [0.15, 0.2) is 0 Å². The number of carbonyl (C=O) groups is 2. The quantitative estimate of drug-likeness (QED) is 0.506. The van der Waals surface area contributed by atoms with Gasteiger partial charge in [0.2, 0.25) is 0 Å². The van der Waals surface area contributed by atoms with Gasteiger partial charge in [-0.2, -0.15) is 0 Å². The number of benzene rings is 1. The highest BCUT2D eigenvalue weighted by Crippen LogP contribution is 2.14. The molecular formula is C18H25N3O4. The second-order valence-corrected chi connectivity index (χ2v) is 7.02. The van der Waals surface area contributed by atoms with Crippen LogP contribution in [-0.2, 0) is 4.74 Å². The molecular weight excluding hydrogens is 322 g/mol. The summed E-state index contributed by atoms with van der Waals surface area (Å²) in [7, 11) is 0. The Kier molecular flexibility index (Phi) is 5.66. The average molecular weight is 347 g/mol. The summed E-state index contributed by atoms with van der Waals surface area (Å²) in [6.07, 6.45) is -0.345. The normalized spacial score (nSPS) is 15.9. The van der Waals surface area contributed by atoms with Gasteiger partial charge in [0, 0.05) is 31.7 Å². The van der Waals surface area contributed by atoms with Crippen molar-refractivity contribution in [2.75, 3.05) is 26.2 Å². The van der Waals surface area contributed by atoms with Crippen molar-refractivity contribution < 1.29 is 19.5 Å². The smallest absolute Gasteiger partial charge is 0.410 e. The lowest BCUT2D eigenvalue weighted by Crippen LogP contribution is -2.51. The SMILES string of the molecule is C/C(=N\O)c1ccc(C(=O)N2CCN(C(=O)OC(C)(C)C)CC2)cc1. The third-order valence-corrected chi connectivity index (χ3v) is 3.92. The van der Waals surface area contributed by atoms with E-state index in [1.807, 2.05) is 20.8 Å². The van der Waals surface area contributed by atoms with Crippen molar-refractivity contribution in [3.8, 4) is 0 Å². The van der Waals surface area contributed by atoms with Gasteiger partial charge in [0.05, 0.1) is 5.71 Å². The molecule has 0 atom stereocenters. The summed E-state index contributed by atoms with van der Waals surface area (Å²) in [5.41, 5.74) is 1.29. The Balaban J connectivity index is 1.94. The second-order valence-electron chi connectivity index (χ2n) is 7.02. The molecule has 0 spiro atoms. The van der Waals surface area contributed by atoms with Gasteiger partial charge < -0.3 is 19.7 Å². The predicted molar refractivity (Wildman–Crippen MR) is 94.2 cm³/mol.